The van der Waals surface area contributed by atoms with E-state index in [9.17, 15) is 13.2 Å². The molecule has 1 saturated carbocycles. The molecule has 0 radical (unpaired) electrons. The number of rotatable bonds is 3. The molecular weight excluding hydrogens is 462 g/mol. The van der Waals surface area contributed by atoms with Crippen LogP contribution in [-0.2, 0) is 4.74 Å². The Hall–Kier alpha value is -1.23. The summed E-state index contributed by atoms with van der Waals surface area (Å²) >= 11 is 0. The van der Waals surface area contributed by atoms with Crippen molar-refractivity contribution in [3.05, 3.63) is 24.3 Å². The number of alkyl halides is 3. The van der Waals surface area contributed by atoms with Crippen LogP contribution in [0.25, 0.3) is 0 Å². The summed E-state index contributed by atoms with van der Waals surface area (Å²) in [6, 6.07) is 5.54. The number of halogens is 4. The minimum Gasteiger partial charge on any atom is -0.406 e. The van der Waals surface area contributed by atoms with Gasteiger partial charge in [0.05, 0.1) is 12.1 Å². The third kappa shape index (κ3) is 4.54. The summed E-state index contributed by atoms with van der Waals surface area (Å²) in [5.74, 6) is 0.199. The molecule has 1 aliphatic carbocycles. The highest BCUT2D eigenvalue weighted by Gasteiger charge is 2.58. The van der Waals surface area contributed by atoms with Crippen LogP contribution in [0, 0.1) is 11.3 Å². The number of hydrogen-bond donors (Lipinski definition) is 2. The zero-order valence-electron chi connectivity index (χ0n) is 14.5. The molecule has 146 valence electrons. The third-order valence-electron chi connectivity index (χ3n) is 4.89. The number of aliphatic imine (C=N–C) groups is 1. The molecule has 0 aromatic heterocycles. The van der Waals surface area contributed by atoms with Gasteiger partial charge in [0.2, 0.25) is 0 Å². The minimum atomic E-state index is -4.73. The number of ether oxygens (including phenoxy) is 2. The van der Waals surface area contributed by atoms with Crippen LogP contribution < -0.4 is 15.8 Å². The number of nitrogens with two attached hydrogens (primary N) is 1. The first kappa shape index (κ1) is 21.1. The van der Waals surface area contributed by atoms with Crippen LogP contribution in [0.2, 0.25) is 0 Å². The molecule has 26 heavy (non-hydrogen) atoms. The van der Waals surface area contributed by atoms with E-state index < -0.39 is 6.36 Å². The maximum atomic E-state index is 12.3. The molecule has 0 amide bonds. The average Bonchev–Trinajstić information content (AvgIpc) is 2.51. The minimum absolute atomic E-state index is 0. The number of guanidine groups is 1. The lowest BCUT2D eigenvalue weighted by Gasteiger charge is -2.58. The van der Waals surface area contributed by atoms with E-state index in [1.807, 2.05) is 0 Å². The Kier molecular flexibility index (Phi) is 6.32. The second-order valence-corrected chi connectivity index (χ2v) is 7.08. The van der Waals surface area contributed by atoms with E-state index in [2.05, 4.69) is 28.9 Å². The molecule has 1 aromatic rings. The van der Waals surface area contributed by atoms with Crippen molar-refractivity contribution in [1.82, 2.24) is 0 Å². The van der Waals surface area contributed by atoms with Crippen LogP contribution in [0.15, 0.2) is 29.3 Å². The third-order valence-corrected chi connectivity index (χ3v) is 4.89. The van der Waals surface area contributed by atoms with Crippen LogP contribution >= 0.6 is 24.0 Å². The zero-order valence-corrected chi connectivity index (χ0v) is 16.9. The van der Waals surface area contributed by atoms with Crippen LogP contribution in [0.4, 0.5) is 18.9 Å². The van der Waals surface area contributed by atoms with E-state index in [0.29, 0.717) is 11.6 Å². The van der Waals surface area contributed by atoms with Crippen molar-refractivity contribution in [2.75, 3.05) is 11.9 Å². The van der Waals surface area contributed by atoms with Crippen molar-refractivity contribution >= 4 is 35.6 Å². The molecule has 0 spiro atoms. The number of nitrogens with zero attached hydrogens (tertiary/aromatic N) is 1. The Balaban J connectivity index is 0.00000243. The summed E-state index contributed by atoms with van der Waals surface area (Å²) in [6.07, 6.45) is -2.49. The van der Waals surface area contributed by atoms with E-state index in [-0.39, 0.29) is 53.2 Å². The lowest BCUT2D eigenvalue weighted by atomic mass is 9.55. The standard InChI is InChI=1S/C17H22F3N3O2.HI/c1-16(2)13(12-7-4-8-24-14(12)16)23-15(21)22-10-5-3-6-11(9-10)25-17(18,19)20;/h3,5-6,9,12-14H,4,7-8H2,1-2H3,(H3,21,22,23);1H. The molecule has 1 heterocycles. The van der Waals surface area contributed by atoms with E-state index >= 15 is 0 Å². The summed E-state index contributed by atoms with van der Waals surface area (Å²) in [5.41, 5.74) is 6.24. The number of anilines is 1. The van der Waals surface area contributed by atoms with Gasteiger partial charge in [0.15, 0.2) is 5.96 Å². The van der Waals surface area contributed by atoms with Gasteiger partial charge in [-0.2, -0.15) is 0 Å². The first-order valence-corrected chi connectivity index (χ1v) is 8.24. The molecule has 3 N–H and O–H groups in total. The highest BCUT2D eigenvalue weighted by Crippen LogP contribution is 2.53. The van der Waals surface area contributed by atoms with Gasteiger partial charge in [-0.05, 0) is 25.0 Å². The number of nitrogens with one attached hydrogen (secondary N) is 1. The quantitative estimate of drug-likeness (QED) is 0.384. The number of fused-ring (bicyclic) bond motifs is 1. The van der Waals surface area contributed by atoms with Crippen molar-refractivity contribution < 1.29 is 22.6 Å². The van der Waals surface area contributed by atoms with Crippen molar-refractivity contribution in [2.24, 2.45) is 22.1 Å². The fourth-order valence-corrected chi connectivity index (χ4v) is 3.86. The largest absolute Gasteiger partial charge is 0.573 e. The molecule has 2 aliphatic rings. The predicted octanol–water partition coefficient (Wildman–Crippen LogP) is 4.13. The first-order chi connectivity index (χ1) is 11.7. The molecule has 1 saturated heterocycles. The highest BCUT2D eigenvalue weighted by atomic mass is 127. The van der Waals surface area contributed by atoms with Gasteiger partial charge in [-0.3, -0.25) is 0 Å². The molecule has 9 heteroatoms. The topological polar surface area (TPSA) is 68.9 Å². The maximum Gasteiger partial charge on any atom is 0.573 e. The molecule has 5 nitrogen and oxygen atoms in total. The second kappa shape index (κ2) is 7.79. The Bertz CT molecular complexity index is 667. The summed E-state index contributed by atoms with van der Waals surface area (Å²) in [4.78, 5) is 4.56. The van der Waals surface area contributed by atoms with Crippen LogP contribution in [0.3, 0.4) is 0 Å². The number of benzene rings is 1. The van der Waals surface area contributed by atoms with E-state index in [1.165, 1.54) is 18.2 Å². The molecule has 1 aromatic carbocycles. The van der Waals surface area contributed by atoms with Gasteiger partial charge in [-0.1, -0.05) is 19.9 Å². The van der Waals surface area contributed by atoms with Gasteiger partial charge in [0.1, 0.15) is 5.75 Å². The molecule has 3 rings (SSSR count). The number of hydrogen-bond acceptors (Lipinski definition) is 3. The van der Waals surface area contributed by atoms with Crippen molar-refractivity contribution in [3.63, 3.8) is 0 Å². The smallest absolute Gasteiger partial charge is 0.406 e. The lowest BCUT2D eigenvalue weighted by molar-refractivity contribution is -0.274. The maximum absolute atomic E-state index is 12.3. The van der Waals surface area contributed by atoms with Gasteiger partial charge in [0.25, 0.3) is 0 Å². The summed E-state index contributed by atoms with van der Waals surface area (Å²) < 4.78 is 46.6. The normalized spacial score (nSPS) is 27.6. The Morgan fingerprint density at radius 1 is 1.38 bits per heavy atom. The molecule has 2 fully saturated rings. The molecule has 3 unspecified atom stereocenters. The first-order valence-electron chi connectivity index (χ1n) is 8.24. The van der Waals surface area contributed by atoms with Crippen LogP contribution in [0.5, 0.6) is 5.75 Å². The van der Waals surface area contributed by atoms with Crippen molar-refractivity contribution in [2.45, 2.75) is 45.2 Å². The zero-order chi connectivity index (χ0) is 18.2. The second-order valence-electron chi connectivity index (χ2n) is 7.08. The molecule has 3 atom stereocenters. The van der Waals surface area contributed by atoms with Gasteiger partial charge in [-0.25, -0.2) is 4.99 Å². The van der Waals surface area contributed by atoms with E-state index in [1.54, 1.807) is 6.07 Å². The fraction of sp³-hybridized carbons (Fsp3) is 0.588. The fourth-order valence-electron chi connectivity index (χ4n) is 3.86. The Morgan fingerprint density at radius 3 is 2.81 bits per heavy atom. The Morgan fingerprint density at radius 2 is 2.12 bits per heavy atom. The monoisotopic (exact) mass is 485 g/mol. The molecule has 0 bridgehead atoms. The van der Waals surface area contributed by atoms with Crippen molar-refractivity contribution in [3.8, 4) is 5.75 Å². The molecular formula is C17H23F3IN3O2. The summed E-state index contributed by atoms with van der Waals surface area (Å²) in [6.45, 7) is 4.97. The predicted molar refractivity (Wildman–Crippen MR) is 104 cm³/mol. The van der Waals surface area contributed by atoms with Crippen LogP contribution in [0.1, 0.15) is 26.7 Å². The van der Waals surface area contributed by atoms with Gasteiger partial charge >= 0.3 is 6.36 Å². The summed E-state index contributed by atoms with van der Waals surface area (Å²) in [7, 11) is 0. The van der Waals surface area contributed by atoms with E-state index in [4.69, 9.17) is 10.5 Å². The van der Waals surface area contributed by atoms with Crippen molar-refractivity contribution in [1.29, 1.82) is 0 Å². The lowest BCUT2D eigenvalue weighted by Crippen LogP contribution is -2.64. The van der Waals surface area contributed by atoms with Crippen LogP contribution in [-0.4, -0.2) is 31.1 Å². The summed E-state index contributed by atoms with van der Waals surface area (Å²) in [5, 5.41) is 2.84. The Labute approximate surface area is 167 Å². The highest BCUT2D eigenvalue weighted by molar-refractivity contribution is 14.0. The van der Waals surface area contributed by atoms with Gasteiger partial charge in [0, 0.05) is 29.7 Å². The average molecular weight is 485 g/mol. The van der Waals surface area contributed by atoms with E-state index in [0.717, 1.165) is 19.4 Å². The molecule has 1 aliphatic heterocycles. The van der Waals surface area contributed by atoms with Gasteiger partial charge in [-0.15, -0.1) is 37.1 Å². The van der Waals surface area contributed by atoms with Gasteiger partial charge < -0.3 is 20.5 Å². The SMILES string of the molecule is CC1(C)C(N=C(N)Nc2cccc(OC(F)(F)F)c2)C2CCCOC21.I.